The van der Waals surface area contributed by atoms with Crippen LogP contribution in [0.2, 0.25) is 0 Å². The van der Waals surface area contributed by atoms with Crippen LogP contribution in [0.15, 0.2) is 54.6 Å². The second-order valence-electron chi connectivity index (χ2n) is 5.21. The van der Waals surface area contributed by atoms with Crippen LogP contribution < -0.4 is 0 Å². The lowest BCUT2D eigenvalue weighted by Gasteiger charge is -2.23. The first-order chi connectivity index (χ1) is 9.75. The summed E-state index contributed by atoms with van der Waals surface area (Å²) in [6, 6.07) is 17.2. The number of hydrogen-bond acceptors (Lipinski definition) is 2. The lowest BCUT2D eigenvalue weighted by molar-refractivity contribution is -0.120. The van der Waals surface area contributed by atoms with Crippen molar-refractivity contribution in [1.29, 1.82) is 0 Å². The Hall–Kier alpha value is -2.22. The van der Waals surface area contributed by atoms with E-state index in [2.05, 4.69) is 6.07 Å². The molecule has 3 rings (SSSR count). The van der Waals surface area contributed by atoms with Crippen molar-refractivity contribution in [2.75, 3.05) is 0 Å². The Labute approximate surface area is 118 Å². The molecule has 0 N–H and O–H groups in total. The third-order valence-corrected chi connectivity index (χ3v) is 3.95. The normalized spacial score (nSPS) is 17.6. The molecule has 1 aliphatic carbocycles. The number of hydrogen-bond donors (Lipinski definition) is 0. The second kappa shape index (κ2) is 5.41. The summed E-state index contributed by atoms with van der Waals surface area (Å²) in [5.41, 5.74) is 2.93. The third kappa shape index (κ3) is 2.42. The van der Waals surface area contributed by atoms with Crippen molar-refractivity contribution in [2.45, 2.75) is 25.2 Å². The van der Waals surface area contributed by atoms with Gasteiger partial charge in [0.2, 0.25) is 0 Å². The van der Waals surface area contributed by atoms with E-state index in [0.717, 1.165) is 12.0 Å². The zero-order valence-corrected chi connectivity index (χ0v) is 11.2. The van der Waals surface area contributed by atoms with E-state index in [0.29, 0.717) is 12.0 Å². The van der Waals surface area contributed by atoms with Crippen LogP contribution in [0.4, 0.5) is 0 Å². The van der Waals surface area contributed by atoms with E-state index in [1.165, 1.54) is 5.56 Å². The molecule has 1 aliphatic rings. The molecule has 2 nitrogen and oxygen atoms in total. The summed E-state index contributed by atoms with van der Waals surface area (Å²) < 4.78 is 0. The van der Waals surface area contributed by atoms with E-state index in [-0.39, 0.29) is 23.9 Å². The standard InChI is InChI=1S/C18H16O2/c19-17-11-10-13-6-4-5-9-15(13)16(17)12-18(20)14-7-2-1-3-8-14/h1-9,16H,10-12H2/t16-/m1/s1. The van der Waals surface area contributed by atoms with Gasteiger partial charge in [-0.3, -0.25) is 9.59 Å². The third-order valence-electron chi connectivity index (χ3n) is 3.95. The first kappa shape index (κ1) is 12.8. The highest BCUT2D eigenvalue weighted by Gasteiger charge is 2.29. The molecule has 100 valence electrons. The molecule has 0 fully saturated rings. The minimum absolute atomic E-state index is 0.0423. The predicted molar refractivity (Wildman–Crippen MR) is 77.9 cm³/mol. The lowest BCUT2D eigenvalue weighted by Crippen LogP contribution is -2.23. The summed E-state index contributed by atoms with van der Waals surface area (Å²) in [4.78, 5) is 24.5. The van der Waals surface area contributed by atoms with Crippen LogP contribution in [0, 0.1) is 0 Å². The summed E-state index contributed by atoms with van der Waals surface area (Å²) in [6.45, 7) is 0. The summed E-state index contributed by atoms with van der Waals surface area (Å²) in [6.07, 6.45) is 1.62. The van der Waals surface area contributed by atoms with Crippen molar-refractivity contribution in [2.24, 2.45) is 0 Å². The summed E-state index contributed by atoms with van der Waals surface area (Å²) in [5.74, 6) is -0.0405. The fourth-order valence-electron chi connectivity index (χ4n) is 2.86. The van der Waals surface area contributed by atoms with Gasteiger partial charge in [-0.2, -0.15) is 0 Å². The van der Waals surface area contributed by atoms with Gasteiger partial charge in [0.1, 0.15) is 5.78 Å². The van der Waals surface area contributed by atoms with E-state index in [1.54, 1.807) is 0 Å². The molecular weight excluding hydrogens is 248 g/mol. The number of fused-ring (bicyclic) bond motifs is 1. The first-order valence-electron chi connectivity index (χ1n) is 6.94. The van der Waals surface area contributed by atoms with Gasteiger partial charge in [-0.15, -0.1) is 0 Å². The molecule has 0 aromatic heterocycles. The topological polar surface area (TPSA) is 34.1 Å². The lowest BCUT2D eigenvalue weighted by atomic mass is 9.79. The number of carbonyl (C=O) groups is 2. The summed E-state index contributed by atoms with van der Waals surface area (Å²) in [7, 11) is 0. The van der Waals surface area contributed by atoms with Gasteiger partial charge in [0.15, 0.2) is 5.78 Å². The SMILES string of the molecule is O=C(C[C@H]1C(=O)CCc2ccccc21)c1ccccc1. The van der Waals surface area contributed by atoms with Crippen molar-refractivity contribution >= 4 is 11.6 Å². The van der Waals surface area contributed by atoms with Crippen LogP contribution in [0.5, 0.6) is 0 Å². The second-order valence-corrected chi connectivity index (χ2v) is 5.21. The Kier molecular flexibility index (Phi) is 3.46. The molecule has 0 unspecified atom stereocenters. The fraction of sp³-hybridized carbons (Fsp3) is 0.222. The van der Waals surface area contributed by atoms with Gasteiger partial charge in [-0.25, -0.2) is 0 Å². The molecule has 0 bridgehead atoms. The molecule has 0 heterocycles. The largest absolute Gasteiger partial charge is 0.299 e. The Morgan fingerprint density at radius 1 is 0.950 bits per heavy atom. The van der Waals surface area contributed by atoms with E-state index in [9.17, 15) is 9.59 Å². The molecule has 0 amide bonds. The number of benzene rings is 2. The van der Waals surface area contributed by atoms with Crippen molar-refractivity contribution in [3.05, 3.63) is 71.3 Å². The maximum absolute atomic E-state index is 12.3. The maximum atomic E-state index is 12.3. The molecule has 1 atom stereocenters. The van der Waals surface area contributed by atoms with Gasteiger partial charge in [0.25, 0.3) is 0 Å². The van der Waals surface area contributed by atoms with Gasteiger partial charge in [0.05, 0.1) is 5.92 Å². The minimum atomic E-state index is -0.271. The molecule has 20 heavy (non-hydrogen) atoms. The molecule has 0 saturated carbocycles. The van der Waals surface area contributed by atoms with Crippen LogP contribution in [-0.2, 0) is 11.2 Å². The number of aryl methyl sites for hydroxylation is 1. The molecule has 2 aromatic rings. The number of Topliss-reactive ketones (excluding diaryl/α,β-unsaturated/α-hetero) is 2. The predicted octanol–water partition coefficient (Wildman–Crippen LogP) is 3.56. The number of rotatable bonds is 3. The van der Waals surface area contributed by atoms with Crippen LogP contribution in [-0.4, -0.2) is 11.6 Å². The van der Waals surface area contributed by atoms with E-state index in [4.69, 9.17) is 0 Å². The fourth-order valence-corrected chi connectivity index (χ4v) is 2.86. The number of carbonyl (C=O) groups excluding carboxylic acids is 2. The van der Waals surface area contributed by atoms with Crippen LogP contribution >= 0.6 is 0 Å². The molecule has 0 aliphatic heterocycles. The van der Waals surface area contributed by atoms with Gasteiger partial charge < -0.3 is 0 Å². The molecule has 0 saturated heterocycles. The molecule has 2 heteroatoms. The maximum Gasteiger partial charge on any atom is 0.163 e. The van der Waals surface area contributed by atoms with Crippen molar-refractivity contribution in [3.8, 4) is 0 Å². The van der Waals surface area contributed by atoms with E-state index >= 15 is 0 Å². The van der Waals surface area contributed by atoms with Crippen LogP contribution in [0.25, 0.3) is 0 Å². The summed E-state index contributed by atoms with van der Waals surface area (Å²) >= 11 is 0. The molecule has 2 aromatic carbocycles. The van der Waals surface area contributed by atoms with Gasteiger partial charge in [-0.05, 0) is 17.5 Å². The minimum Gasteiger partial charge on any atom is -0.299 e. The monoisotopic (exact) mass is 264 g/mol. The summed E-state index contributed by atoms with van der Waals surface area (Å²) in [5, 5.41) is 0. The zero-order chi connectivity index (χ0) is 13.9. The van der Waals surface area contributed by atoms with E-state index < -0.39 is 0 Å². The highest BCUT2D eigenvalue weighted by atomic mass is 16.1. The molecule has 0 radical (unpaired) electrons. The van der Waals surface area contributed by atoms with Crippen LogP contribution in [0.1, 0.15) is 40.2 Å². The van der Waals surface area contributed by atoms with Crippen LogP contribution in [0.3, 0.4) is 0 Å². The molecular formula is C18H16O2. The van der Waals surface area contributed by atoms with Gasteiger partial charge in [-0.1, -0.05) is 54.6 Å². The number of ketones is 2. The Balaban J connectivity index is 1.87. The van der Waals surface area contributed by atoms with E-state index in [1.807, 2.05) is 48.5 Å². The van der Waals surface area contributed by atoms with Gasteiger partial charge in [0, 0.05) is 18.4 Å². The Morgan fingerprint density at radius 2 is 1.65 bits per heavy atom. The highest BCUT2D eigenvalue weighted by Crippen LogP contribution is 2.32. The zero-order valence-electron chi connectivity index (χ0n) is 11.2. The average Bonchev–Trinajstić information content (AvgIpc) is 2.51. The van der Waals surface area contributed by atoms with Crippen molar-refractivity contribution < 1.29 is 9.59 Å². The van der Waals surface area contributed by atoms with Crippen molar-refractivity contribution in [1.82, 2.24) is 0 Å². The smallest absolute Gasteiger partial charge is 0.163 e. The van der Waals surface area contributed by atoms with Gasteiger partial charge >= 0.3 is 0 Å². The first-order valence-corrected chi connectivity index (χ1v) is 6.94. The highest BCUT2D eigenvalue weighted by molar-refractivity contribution is 6.01. The van der Waals surface area contributed by atoms with Crippen molar-refractivity contribution in [3.63, 3.8) is 0 Å². The Bertz CT molecular complexity index is 643. The molecule has 0 spiro atoms. The quantitative estimate of drug-likeness (QED) is 0.794. The Morgan fingerprint density at radius 3 is 2.45 bits per heavy atom. The average molecular weight is 264 g/mol.